The molecule has 0 bridgehead atoms. The maximum atomic E-state index is 11.7. The van der Waals surface area contributed by atoms with Crippen LogP contribution in [0.3, 0.4) is 0 Å². The Hall–Kier alpha value is -1.58. The molecule has 30 heavy (non-hydrogen) atoms. The molecule has 0 N–H and O–H groups in total. The summed E-state index contributed by atoms with van der Waals surface area (Å²) < 4.78 is 10.3. The van der Waals surface area contributed by atoms with Crippen LogP contribution in [0.5, 0.6) is 0 Å². The van der Waals surface area contributed by atoms with Crippen LogP contribution in [0.2, 0.25) is 0 Å². The van der Waals surface area contributed by atoms with E-state index >= 15 is 0 Å². The van der Waals surface area contributed by atoms with Crippen LogP contribution in [-0.4, -0.2) is 18.2 Å². The summed E-state index contributed by atoms with van der Waals surface area (Å²) in [6.45, 7) is 10.8. The van der Waals surface area contributed by atoms with Gasteiger partial charge in [-0.3, -0.25) is 0 Å². The van der Waals surface area contributed by atoms with Crippen LogP contribution in [0, 0.1) is 0 Å². The molecule has 0 saturated carbocycles. The molecule has 0 amide bonds. The zero-order chi connectivity index (χ0) is 22.5. The molecule has 0 rings (SSSR count). The third-order valence-electron chi connectivity index (χ3n) is 5.29. The fraction of sp³-hybridized carbons (Fsp3) is 0.769. The molecule has 4 heteroatoms. The van der Waals surface area contributed by atoms with Gasteiger partial charge >= 0.3 is 11.9 Å². The SMILES string of the molecule is C=CC(=O)OC(CCCCCCCCCCCCCCCCCC)OC(=O)C(=C)C. The Bertz CT molecular complexity index is 470. The zero-order valence-electron chi connectivity index (χ0n) is 19.7. The lowest BCUT2D eigenvalue weighted by molar-refractivity contribution is -0.182. The standard InChI is InChI=1S/C26H46O4/c1-5-7-8-9-10-11-12-13-14-15-16-17-18-19-20-21-22-25(29-24(27)6-2)30-26(28)23(3)4/h6,25H,2-3,5,7-22H2,1,4H3. The molecule has 0 heterocycles. The molecule has 0 spiro atoms. The van der Waals surface area contributed by atoms with Crippen LogP contribution < -0.4 is 0 Å². The van der Waals surface area contributed by atoms with E-state index in [0.717, 1.165) is 25.3 Å². The molecule has 0 aliphatic carbocycles. The Kier molecular flexibility index (Phi) is 19.6. The van der Waals surface area contributed by atoms with E-state index < -0.39 is 18.2 Å². The first kappa shape index (κ1) is 28.4. The number of carbonyl (C=O) groups is 2. The van der Waals surface area contributed by atoms with Gasteiger partial charge in [-0.2, -0.15) is 0 Å². The van der Waals surface area contributed by atoms with Gasteiger partial charge in [0.2, 0.25) is 6.29 Å². The highest BCUT2D eigenvalue weighted by molar-refractivity contribution is 5.87. The minimum Gasteiger partial charge on any atom is -0.422 e. The van der Waals surface area contributed by atoms with Crippen molar-refractivity contribution in [3.05, 3.63) is 24.8 Å². The van der Waals surface area contributed by atoms with Crippen LogP contribution in [0.25, 0.3) is 0 Å². The second-order valence-electron chi connectivity index (χ2n) is 8.35. The Morgan fingerprint density at radius 2 is 1.13 bits per heavy atom. The largest absolute Gasteiger partial charge is 0.422 e. The summed E-state index contributed by atoms with van der Waals surface area (Å²) in [5.41, 5.74) is 0.293. The summed E-state index contributed by atoms with van der Waals surface area (Å²) in [6, 6.07) is 0. The van der Waals surface area contributed by atoms with Gasteiger partial charge in [0.05, 0.1) is 0 Å². The van der Waals surface area contributed by atoms with Crippen LogP contribution in [0.15, 0.2) is 24.8 Å². The predicted molar refractivity (Wildman–Crippen MR) is 125 cm³/mol. The average Bonchev–Trinajstić information content (AvgIpc) is 2.72. The third kappa shape index (κ3) is 18.4. The monoisotopic (exact) mass is 422 g/mol. The van der Waals surface area contributed by atoms with Crippen molar-refractivity contribution in [1.29, 1.82) is 0 Å². The lowest BCUT2D eigenvalue weighted by Gasteiger charge is -2.17. The molecule has 4 nitrogen and oxygen atoms in total. The van der Waals surface area contributed by atoms with E-state index in [0.29, 0.717) is 12.0 Å². The fourth-order valence-electron chi connectivity index (χ4n) is 3.40. The Morgan fingerprint density at radius 3 is 1.50 bits per heavy atom. The normalized spacial score (nSPS) is 11.7. The molecule has 0 radical (unpaired) electrons. The molecule has 1 unspecified atom stereocenters. The molecular weight excluding hydrogens is 376 g/mol. The lowest BCUT2D eigenvalue weighted by Crippen LogP contribution is -2.24. The maximum Gasteiger partial charge on any atom is 0.336 e. The van der Waals surface area contributed by atoms with Crippen LogP contribution in [0.4, 0.5) is 0 Å². The number of hydrogen-bond acceptors (Lipinski definition) is 4. The van der Waals surface area contributed by atoms with Gasteiger partial charge in [-0.1, -0.05) is 116 Å². The van der Waals surface area contributed by atoms with E-state index in [-0.39, 0.29) is 0 Å². The third-order valence-corrected chi connectivity index (χ3v) is 5.29. The van der Waals surface area contributed by atoms with Crippen molar-refractivity contribution in [1.82, 2.24) is 0 Å². The average molecular weight is 423 g/mol. The Balaban J connectivity index is 3.58. The highest BCUT2D eigenvalue weighted by Crippen LogP contribution is 2.15. The highest BCUT2D eigenvalue weighted by atomic mass is 16.7. The molecule has 0 aliphatic heterocycles. The first-order chi connectivity index (χ1) is 14.5. The first-order valence-corrected chi connectivity index (χ1v) is 12.2. The fourth-order valence-corrected chi connectivity index (χ4v) is 3.40. The van der Waals surface area contributed by atoms with Gasteiger partial charge in [-0.05, 0) is 13.3 Å². The van der Waals surface area contributed by atoms with Gasteiger partial charge in [-0.15, -0.1) is 0 Å². The molecule has 0 aromatic heterocycles. The van der Waals surface area contributed by atoms with E-state index in [1.54, 1.807) is 6.92 Å². The van der Waals surface area contributed by atoms with E-state index in [1.165, 1.54) is 83.5 Å². The number of ether oxygens (including phenoxy) is 2. The molecule has 0 aromatic carbocycles. The Morgan fingerprint density at radius 1 is 0.733 bits per heavy atom. The van der Waals surface area contributed by atoms with E-state index in [9.17, 15) is 9.59 Å². The van der Waals surface area contributed by atoms with E-state index in [1.807, 2.05) is 0 Å². The maximum absolute atomic E-state index is 11.7. The van der Waals surface area contributed by atoms with Gasteiger partial charge < -0.3 is 9.47 Å². The van der Waals surface area contributed by atoms with Crippen molar-refractivity contribution >= 4 is 11.9 Å². The van der Waals surface area contributed by atoms with Crippen molar-refractivity contribution in [2.75, 3.05) is 0 Å². The highest BCUT2D eigenvalue weighted by Gasteiger charge is 2.17. The van der Waals surface area contributed by atoms with Gasteiger partial charge in [-0.25, -0.2) is 9.59 Å². The Labute approximate surface area is 185 Å². The molecule has 174 valence electrons. The number of hydrogen-bond donors (Lipinski definition) is 0. The van der Waals surface area contributed by atoms with Gasteiger partial charge in [0.1, 0.15) is 0 Å². The number of esters is 2. The molecule has 1 atom stereocenters. The summed E-state index contributed by atoms with van der Waals surface area (Å²) in [5.74, 6) is -1.11. The van der Waals surface area contributed by atoms with Crippen molar-refractivity contribution in [2.24, 2.45) is 0 Å². The number of rotatable bonds is 21. The summed E-state index contributed by atoms with van der Waals surface area (Å²) in [4.78, 5) is 23.0. The molecule has 0 fully saturated rings. The minimum atomic E-state index is -0.855. The zero-order valence-corrected chi connectivity index (χ0v) is 19.7. The quantitative estimate of drug-likeness (QED) is 0.0819. The lowest BCUT2D eigenvalue weighted by atomic mass is 10.0. The van der Waals surface area contributed by atoms with Crippen LogP contribution in [0.1, 0.15) is 123 Å². The smallest absolute Gasteiger partial charge is 0.336 e. The van der Waals surface area contributed by atoms with Crippen LogP contribution >= 0.6 is 0 Å². The minimum absolute atomic E-state index is 0.293. The number of unbranched alkanes of at least 4 members (excludes halogenated alkanes) is 15. The van der Waals surface area contributed by atoms with Gasteiger partial charge in [0.25, 0.3) is 0 Å². The molecule has 0 saturated heterocycles. The predicted octanol–water partition coefficient (Wildman–Crippen LogP) is 7.81. The van der Waals surface area contributed by atoms with Crippen molar-refractivity contribution in [2.45, 2.75) is 129 Å². The molecular formula is C26H46O4. The van der Waals surface area contributed by atoms with E-state index in [2.05, 4.69) is 20.1 Å². The van der Waals surface area contributed by atoms with Gasteiger partial charge in [0, 0.05) is 18.1 Å². The van der Waals surface area contributed by atoms with Crippen LogP contribution in [-0.2, 0) is 19.1 Å². The van der Waals surface area contributed by atoms with Crippen molar-refractivity contribution < 1.29 is 19.1 Å². The summed E-state index contributed by atoms with van der Waals surface area (Å²) >= 11 is 0. The van der Waals surface area contributed by atoms with Crippen molar-refractivity contribution in [3.8, 4) is 0 Å². The number of carbonyl (C=O) groups excluding carboxylic acids is 2. The van der Waals surface area contributed by atoms with Crippen molar-refractivity contribution in [3.63, 3.8) is 0 Å². The summed E-state index contributed by atoms with van der Waals surface area (Å²) in [6.07, 6.45) is 21.6. The topological polar surface area (TPSA) is 52.6 Å². The summed E-state index contributed by atoms with van der Waals surface area (Å²) in [5, 5.41) is 0. The second-order valence-corrected chi connectivity index (χ2v) is 8.35. The van der Waals surface area contributed by atoms with E-state index in [4.69, 9.17) is 9.47 Å². The summed E-state index contributed by atoms with van der Waals surface area (Å²) in [7, 11) is 0. The molecule has 0 aliphatic rings. The molecule has 0 aromatic rings. The second kappa shape index (κ2) is 20.7. The van der Waals surface area contributed by atoms with Gasteiger partial charge in [0.15, 0.2) is 0 Å². The first-order valence-electron chi connectivity index (χ1n) is 12.2.